The van der Waals surface area contributed by atoms with Crippen LogP contribution >= 0.6 is 0 Å². The maximum absolute atomic E-state index is 11.7. The molecular weight excluding hydrogens is 264 g/mol. The highest BCUT2D eigenvalue weighted by Gasteiger charge is 2.22. The second kappa shape index (κ2) is 7.77. The Kier molecular flexibility index (Phi) is 6.33. The van der Waals surface area contributed by atoms with Crippen LogP contribution < -0.4 is 9.46 Å². The third-order valence-corrected chi connectivity index (χ3v) is 4.32. The molecule has 5 nitrogen and oxygen atoms in total. The molecule has 1 aromatic carbocycles. The number of para-hydroxylation sites is 1. The number of benzene rings is 1. The number of nitrogens with zero attached hydrogens (tertiary/aromatic N) is 1. The predicted octanol–water partition coefficient (Wildman–Crippen LogP) is 1.68. The van der Waals surface area contributed by atoms with E-state index in [1.165, 1.54) is 0 Å². The Labute approximate surface area is 114 Å². The summed E-state index contributed by atoms with van der Waals surface area (Å²) in [4.78, 5) is 0. The second-order valence-corrected chi connectivity index (χ2v) is 5.93. The molecule has 0 amide bonds. The monoisotopic (exact) mass is 282 g/mol. The molecule has 0 aromatic heterocycles. The Morgan fingerprint density at radius 1 is 1.37 bits per heavy atom. The molecule has 0 aliphatic heterocycles. The van der Waals surface area contributed by atoms with Gasteiger partial charge in [0.15, 0.2) is 5.25 Å². The van der Waals surface area contributed by atoms with Gasteiger partial charge in [-0.3, -0.25) is 0 Å². The third kappa shape index (κ3) is 5.28. The average molecular weight is 282 g/mol. The first-order valence-electron chi connectivity index (χ1n) is 6.16. The van der Waals surface area contributed by atoms with Gasteiger partial charge in [0.25, 0.3) is 0 Å². The van der Waals surface area contributed by atoms with Crippen molar-refractivity contribution in [2.45, 2.75) is 25.0 Å². The molecule has 1 atom stereocenters. The minimum Gasteiger partial charge on any atom is -0.494 e. The molecule has 0 saturated carbocycles. The lowest BCUT2D eigenvalue weighted by molar-refractivity contribution is 0.311. The first kappa shape index (κ1) is 15.5. The molecular formula is C13H18N2O3S. The molecule has 104 valence electrons. The zero-order valence-corrected chi connectivity index (χ0v) is 11.7. The van der Waals surface area contributed by atoms with E-state index >= 15 is 0 Å². The Bertz CT molecular complexity index is 508. The molecule has 0 fully saturated rings. The zero-order chi connectivity index (χ0) is 14.1. The van der Waals surface area contributed by atoms with Crippen LogP contribution in [-0.2, 0) is 10.0 Å². The molecule has 0 saturated heterocycles. The minimum atomic E-state index is -3.53. The van der Waals surface area contributed by atoms with Gasteiger partial charge in [-0.25, -0.2) is 13.1 Å². The summed E-state index contributed by atoms with van der Waals surface area (Å²) >= 11 is 0. The summed E-state index contributed by atoms with van der Waals surface area (Å²) in [6.45, 7) is 2.37. The molecule has 0 bridgehead atoms. The van der Waals surface area contributed by atoms with E-state index in [9.17, 15) is 8.42 Å². The van der Waals surface area contributed by atoms with Gasteiger partial charge in [-0.05, 0) is 25.0 Å². The van der Waals surface area contributed by atoms with Gasteiger partial charge in [-0.15, -0.1) is 0 Å². The van der Waals surface area contributed by atoms with Gasteiger partial charge in [-0.2, -0.15) is 5.26 Å². The largest absolute Gasteiger partial charge is 0.494 e. The van der Waals surface area contributed by atoms with Crippen LogP contribution in [-0.4, -0.2) is 26.8 Å². The van der Waals surface area contributed by atoms with Crippen molar-refractivity contribution < 1.29 is 13.2 Å². The topological polar surface area (TPSA) is 79.2 Å². The lowest BCUT2D eigenvalue weighted by Gasteiger charge is -2.10. The fourth-order valence-corrected chi connectivity index (χ4v) is 2.68. The molecule has 0 radical (unpaired) electrons. The first-order valence-corrected chi connectivity index (χ1v) is 7.70. The molecule has 6 heteroatoms. The average Bonchev–Trinajstić information content (AvgIpc) is 2.40. The van der Waals surface area contributed by atoms with E-state index in [-0.39, 0.29) is 13.0 Å². The van der Waals surface area contributed by atoms with Gasteiger partial charge in [-0.1, -0.05) is 25.1 Å². The van der Waals surface area contributed by atoms with Gasteiger partial charge < -0.3 is 4.74 Å². The Morgan fingerprint density at radius 2 is 2.05 bits per heavy atom. The number of nitriles is 1. The standard InChI is InChI=1S/C13H18N2O3S/c1-2-13(11-14)19(16,17)15-9-6-10-18-12-7-4-3-5-8-12/h3-5,7-8,13,15H,2,6,9-10H2,1H3. The van der Waals surface area contributed by atoms with Crippen molar-refractivity contribution in [1.29, 1.82) is 5.26 Å². The highest BCUT2D eigenvalue weighted by Crippen LogP contribution is 2.08. The molecule has 0 spiro atoms. The Hall–Kier alpha value is -1.58. The van der Waals surface area contributed by atoms with Gasteiger partial charge >= 0.3 is 0 Å². The van der Waals surface area contributed by atoms with Crippen LogP contribution in [0.25, 0.3) is 0 Å². The molecule has 1 aromatic rings. The highest BCUT2D eigenvalue weighted by atomic mass is 32.2. The van der Waals surface area contributed by atoms with E-state index in [4.69, 9.17) is 10.00 Å². The van der Waals surface area contributed by atoms with E-state index < -0.39 is 15.3 Å². The van der Waals surface area contributed by atoms with E-state index in [1.807, 2.05) is 30.3 Å². The van der Waals surface area contributed by atoms with Gasteiger partial charge in [0.2, 0.25) is 10.0 Å². The lowest BCUT2D eigenvalue weighted by atomic mass is 10.3. The van der Waals surface area contributed by atoms with Crippen LogP contribution in [0.2, 0.25) is 0 Å². The Balaban J connectivity index is 2.26. The van der Waals surface area contributed by atoms with Crippen LogP contribution in [0.15, 0.2) is 30.3 Å². The SMILES string of the molecule is CCC(C#N)S(=O)(=O)NCCCOc1ccccc1. The second-order valence-electron chi connectivity index (χ2n) is 3.98. The normalized spacial score (nSPS) is 12.6. The molecule has 19 heavy (non-hydrogen) atoms. The summed E-state index contributed by atoms with van der Waals surface area (Å²) in [5.74, 6) is 0.758. The van der Waals surface area contributed by atoms with Crippen molar-refractivity contribution in [3.63, 3.8) is 0 Å². The molecule has 0 aliphatic rings. The first-order chi connectivity index (χ1) is 9.10. The quantitative estimate of drug-likeness (QED) is 0.736. The summed E-state index contributed by atoms with van der Waals surface area (Å²) in [5, 5.41) is 7.74. The summed E-state index contributed by atoms with van der Waals surface area (Å²) in [5.41, 5.74) is 0. The van der Waals surface area contributed by atoms with Crippen LogP contribution in [0.4, 0.5) is 0 Å². The molecule has 0 aliphatic carbocycles. The predicted molar refractivity (Wildman–Crippen MR) is 73.2 cm³/mol. The van der Waals surface area contributed by atoms with Crippen molar-refractivity contribution in [3.05, 3.63) is 30.3 Å². The molecule has 1 unspecified atom stereocenters. The summed E-state index contributed by atoms with van der Waals surface area (Å²) in [7, 11) is -3.53. The lowest BCUT2D eigenvalue weighted by Crippen LogP contribution is -2.34. The Morgan fingerprint density at radius 3 is 2.63 bits per heavy atom. The van der Waals surface area contributed by atoms with Crippen molar-refractivity contribution in [2.75, 3.05) is 13.2 Å². The maximum atomic E-state index is 11.7. The van der Waals surface area contributed by atoms with Crippen LogP contribution in [0.5, 0.6) is 5.75 Å². The van der Waals surface area contributed by atoms with Crippen LogP contribution in [0, 0.1) is 11.3 Å². The van der Waals surface area contributed by atoms with Gasteiger partial charge in [0.1, 0.15) is 5.75 Å². The van der Waals surface area contributed by atoms with E-state index in [2.05, 4.69) is 4.72 Å². The summed E-state index contributed by atoms with van der Waals surface area (Å²) in [6, 6.07) is 11.1. The third-order valence-electron chi connectivity index (χ3n) is 2.53. The van der Waals surface area contributed by atoms with Crippen LogP contribution in [0.3, 0.4) is 0 Å². The summed E-state index contributed by atoms with van der Waals surface area (Å²) in [6.07, 6.45) is 0.836. The van der Waals surface area contributed by atoms with Crippen molar-refractivity contribution in [3.8, 4) is 11.8 Å². The number of sulfonamides is 1. The highest BCUT2D eigenvalue weighted by molar-refractivity contribution is 7.90. The number of rotatable bonds is 8. The van der Waals surface area contributed by atoms with Gasteiger partial charge in [0, 0.05) is 6.54 Å². The fourth-order valence-electron chi connectivity index (χ4n) is 1.47. The zero-order valence-electron chi connectivity index (χ0n) is 10.9. The number of ether oxygens (including phenoxy) is 1. The van der Waals surface area contributed by atoms with E-state index in [1.54, 1.807) is 13.0 Å². The summed E-state index contributed by atoms with van der Waals surface area (Å²) < 4.78 is 31.2. The van der Waals surface area contributed by atoms with E-state index in [0.717, 1.165) is 5.75 Å². The molecule has 0 heterocycles. The minimum absolute atomic E-state index is 0.271. The van der Waals surface area contributed by atoms with Crippen LogP contribution in [0.1, 0.15) is 19.8 Å². The van der Waals surface area contributed by atoms with E-state index in [0.29, 0.717) is 13.0 Å². The van der Waals surface area contributed by atoms with Gasteiger partial charge in [0.05, 0.1) is 12.7 Å². The number of hydrogen-bond acceptors (Lipinski definition) is 4. The van der Waals surface area contributed by atoms with Crippen molar-refractivity contribution in [1.82, 2.24) is 4.72 Å². The fraction of sp³-hybridized carbons (Fsp3) is 0.462. The number of hydrogen-bond donors (Lipinski definition) is 1. The maximum Gasteiger partial charge on any atom is 0.227 e. The molecule has 1 rings (SSSR count). The van der Waals surface area contributed by atoms with Crippen molar-refractivity contribution >= 4 is 10.0 Å². The molecule has 1 N–H and O–H groups in total. The smallest absolute Gasteiger partial charge is 0.227 e. The van der Waals surface area contributed by atoms with Crippen molar-refractivity contribution in [2.24, 2.45) is 0 Å². The number of nitrogens with one attached hydrogen (secondary N) is 1.